The first-order valence-corrected chi connectivity index (χ1v) is 8.45. The van der Waals surface area contributed by atoms with Crippen LogP contribution in [0.5, 0.6) is 0 Å². The lowest BCUT2D eigenvalue weighted by Gasteiger charge is -2.07. The Morgan fingerprint density at radius 3 is 1.24 bits per heavy atom. The van der Waals surface area contributed by atoms with Crippen molar-refractivity contribution >= 4 is 0 Å². The van der Waals surface area contributed by atoms with Crippen LogP contribution in [-0.2, 0) is 0 Å². The molecule has 0 aliphatic heterocycles. The molecule has 0 saturated carbocycles. The van der Waals surface area contributed by atoms with E-state index in [4.69, 9.17) is 0 Å². The Morgan fingerprint density at radius 1 is 0.440 bits per heavy atom. The molecule has 0 atom stereocenters. The summed E-state index contributed by atoms with van der Waals surface area (Å²) in [5.41, 5.74) is 8.61. The predicted octanol–water partition coefficient (Wildman–Crippen LogP) is 6.60. The number of hydrogen-bond donors (Lipinski definition) is 0. The van der Waals surface area contributed by atoms with Crippen molar-refractivity contribution in [1.29, 1.82) is 0 Å². The zero-order chi connectivity index (χ0) is 17.1. The van der Waals surface area contributed by atoms with Gasteiger partial charge in [0.15, 0.2) is 0 Å². The van der Waals surface area contributed by atoms with E-state index < -0.39 is 0 Å². The summed E-state index contributed by atoms with van der Waals surface area (Å²) in [7, 11) is 0. The van der Waals surface area contributed by atoms with Gasteiger partial charge in [0.05, 0.1) is 0 Å². The third-order valence-electron chi connectivity index (χ3n) is 4.48. The van der Waals surface area contributed by atoms with Crippen molar-refractivity contribution in [3.8, 4) is 33.4 Å². The van der Waals surface area contributed by atoms with Crippen molar-refractivity contribution in [2.45, 2.75) is 6.92 Å². The third-order valence-corrected chi connectivity index (χ3v) is 4.48. The zero-order valence-corrected chi connectivity index (χ0v) is 14.2. The Morgan fingerprint density at radius 2 is 0.840 bits per heavy atom. The van der Waals surface area contributed by atoms with Crippen LogP contribution in [0.25, 0.3) is 33.4 Å². The molecule has 0 bridgehead atoms. The molecule has 0 aromatic heterocycles. The van der Waals surface area contributed by atoms with Gasteiger partial charge < -0.3 is 0 Å². The second kappa shape index (κ2) is 6.67. The van der Waals surface area contributed by atoms with E-state index in [1.54, 1.807) is 0 Å². The van der Waals surface area contributed by atoms with E-state index in [0.717, 1.165) is 0 Å². The van der Waals surface area contributed by atoms with Crippen LogP contribution in [0, 0.1) is 19.1 Å². The van der Waals surface area contributed by atoms with Crippen LogP contribution in [0.3, 0.4) is 0 Å². The summed E-state index contributed by atoms with van der Waals surface area (Å²) in [4.78, 5) is 0. The Labute approximate surface area is 149 Å². The van der Waals surface area contributed by atoms with Crippen LogP contribution in [0.2, 0.25) is 0 Å². The molecule has 4 aromatic rings. The van der Waals surface area contributed by atoms with Gasteiger partial charge >= 0.3 is 0 Å². The van der Waals surface area contributed by atoms with E-state index in [9.17, 15) is 0 Å². The Hall–Kier alpha value is -3.30. The van der Waals surface area contributed by atoms with Crippen molar-refractivity contribution < 1.29 is 0 Å². The second-order valence-corrected chi connectivity index (χ2v) is 6.24. The SMILES string of the molecule is Cc1ccc(-c2ccc(-c3ccc(-c4cc#ccc4)cc3)cc2)cc1. The lowest BCUT2D eigenvalue weighted by molar-refractivity contribution is 1.47. The lowest BCUT2D eigenvalue weighted by Crippen LogP contribution is -1.82. The molecule has 0 spiro atoms. The predicted molar refractivity (Wildman–Crippen MR) is 105 cm³/mol. The highest BCUT2D eigenvalue weighted by Crippen LogP contribution is 2.27. The zero-order valence-electron chi connectivity index (χ0n) is 14.2. The van der Waals surface area contributed by atoms with Crippen LogP contribution in [0.1, 0.15) is 5.56 Å². The molecular formula is C25H18. The van der Waals surface area contributed by atoms with Crippen molar-refractivity contribution in [1.82, 2.24) is 0 Å². The molecule has 4 rings (SSSR count). The van der Waals surface area contributed by atoms with Crippen LogP contribution in [-0.4, -0.2) is 0 Å². The summed E-state index contributed by atoms with van der Waals surface area (Å²) >= 11 is 0. The van der Waals surface area contributed by atoms with Crippen molar-refractivity contribution in [2.75, 3.05) is 0 Å². The highest BCUT2D eigenvalue weighted by Gasteiger charge is 2.02. The average Bonchev–Trinajstić information content (AvgIpc) is 2.70. The summed E-state index contributed by atoms with van der Waals surface area (Å²) in [5.74, 6) is 0. The minimum atomic E-state index is 1.17. The van der Waals surface area contributed by atoms with E-state index >= 15 is 0 Å². The summed E-state index contributed by atoms with van der Waals surface area (Å²) in [6.45, 7) is 2.11. The Bertz CT molecular complexity index is 945. The van der Waals surface area contributed by atoms with Gasteiger partial charge in [-0.25, -0.2) is 0 Å². The highest BCUT2D eigenvalue weighted by atomic mass is 14.1. The fourth-order valence-corrected chi connectivity index (χ4v) is 2.98. The van der Waals surface area contributed by atoms with Gasteiger partial charge in [-0.1, -0.05) is 90.5 Å². The Kier molecular flexibility index (Phi) is 4.07. The number of benzene rings is 3. The van der Waals surface area contributed by atoms with Crippen molar-refractivity contribution in [3.63, 3.8) is 0 Å². The van der Waals surface area contributed by atoms with Gasteiger partial charge in [-0.2, -0.15) is 0 Å². The molecule has 4 aromatic carbocycles. The van der Waals surface area contributed by atoms with Gasteiger partial charge in [-0.15, -0.1) is 0 Å². The molecule has 0 radical (unpaired) electrons. The third kappa shape index (κ3) is 3.32. The van der Waals surface area contributed by atoms with E-state index in [-0.39, 0.29) is 0 Å². The molecule has 0 fully saturated rings. The van der Waals surface area contributed by atoms with E-state index in [2.05, 4.69) is 97.9 Å². The average molecular weight is 318 g/mol. The Balaban J connectivity index is 1.59. The summed E-state index contributed by atoms with van der Waals surface area (Å²) in [6.07, 6.45) is 0. The van der Waals surface area contributed by atoms with Gasteiger partial charge in [-0.3, -0.25) is 0 Å². The first-order chi connectivity index (χ1) is 12.3. The van der Waals surface area contributed by atoms with Crippen molar-refractivity contribution in [2.24, 2.45) is 0 Å². The molecule has 0 amide bonds. The monoisotopic (exact) mass is 318 g/mol. The standard InChI is InChI=1S/C25H18/c1-19-7-9-21(10-8-19)23-15-17-25(18-16-23)24-13-11-22(12-14-24)20-5-3-2-4-6-20/h3,5-18H,1H3. The maximum Gasteiger partial charge on any atom is -0.00365 e. The minimum absolute atomic E-state index is 1.17. The molecule has 0 nitrogen and oxygen atoms in total. The first-order valence-electron chi connectivity index (χ1n) is 8.45. The van der Waals surface area contributed by atoms with E-state index in [1.807, 2.05) is 12.1 Å². The molecule has 0 heterocycles. The van der Waals surface area contributed by atoms with E-state index in [0.29, 0.717) is 0 Å². The number of hydrogen-bond acceptors (Lipinski definition) is 0. The minimum Gasteiger partial charge on any atom is -0.0702 e. The molecule has 0 unspecified atom stereocenters. The normalized spacial score (nSPS) is 10.3. The van der Waals surface area contributed by atoms with Gasteiger partial charge in [0.1, 0.15) is 0 Å². The van der Waals surface area contributed by atoms with Gasteiger partial charge in [0, 0.05) is 0 Å². The van der Waals surface area contributed by atoms with E-state index in [1.165, 1.54) is 38.9 Å². The fourth-order valence-electron chi connectivity index (χ4n) is 2.98. The molecule has 25 heavy (non-hydrogen) atoms. The van der Waals surface area contributed by atoms with Gasteiger partial charge in [0.25, 0.3) is 0 Å². The topological polar surface area (TPSA) is 0 Å². The molecule has 0 aliphatic rings. The molecular weight excluding hydrogens is 300 g/mol. The van der Waals surface area contributed by atoms with Crippen LogP contribution < -0.4 is 0 Å². The maximum absolute atomic E-state index is 3.01. The highest BCUT2D eigenvalue weighted by molar-refractivity contribution is 5.73. The molecule has 0 N–H and O–H groups in total. The molecule has 0 saturated heterocycles. The number of aryl methyl sites for hydroxylation is 1. The largest absolute Gasteiger partial charge is 0.0702 e. The fraction of sp³-hybridized carbons (Fsp3) is 0.0400. The number of rotatable bonds is 3. The summed E-state index contributed by atoms with van der Waals surface area (Å²) < 4.78 is 0. The summed E-state index contributed by atoms with van der Waals surface area (Å²) in [6, 6.07) is 37.9. The quantitative estimate of drug-likeness (QED) is 0.399. The first kappa shape index (κ1) is 15.2. The smallest absolute Gasteiger partial charge is 0.00365 e. The molecule has 0 aliphatic carbocycles. The van der Waals surface area contributed by atoms with Crippen LogP contribution in [0.15, 0.2) is 91.0 Å². The van der Waals surface area contributed by atoms with Gasteiger partial charge in [0.2, 0.25) is 0 Å². The van der Waals surface area contributed by atoms with Crippen LogP contribution >= 0.6 is 0 Å². The second-order valence-electron chi connectivity index (χ2n) is 6.24. The van der Waals surface area contributed by atoms with Gasteiger partial charge in [-0.05, 0) is 58.5 Å². The van der Waals surface area contributed by atoms with Crippen LogP contribution in [0.4, 0.5) is 0 Å². The lowest BCUT2D eigenvalue weighted by atomic mass is 9.98. The maximum atomic E-state index is 3.01. The molecule has 0 heteroatoms. The van der Waals surface area contributed by atoms with Crippen molar-refractivity contribution in [3.05, 3.63) is 109 Å². The molecule has 118 valence electrons. The summed E-state index contributed by atoms with van der Waals surface area (Å²) in [5, 5.41) is 0.